The van der Waals surface area contributed by atoms with Gasteiger partial charge in [-0.1, -0.05) is 30.3 Å². The summed E-state index contributed by atoms with van der Waals surface area (Å²) in [6.45, 7) is 0.830. The lowest BCUT2D eigenvalue weighted by molar-refractivity contribution is 0.0692. The largest absolute Gasteiger partial charge is 0.488 e. The number of aromatic nitrogens is 1. The minimum Gasteiger partial charge on any atom is -0.488 e. The Bertz CT molecular complexity index is 883. The summed E-state index contributed by atoms with van der Waals surface area (Å²) in [5.41, 5.74) is 2.75. The number of nitrogens with zero attached hydrogens (tertiary/aromatic N) is 1. The van der Waals surface area contributed by atoms with E-state index in [0.717, 1.165) is 21.4 Å². The number of rotatable bonds is 7. The van der Waals surface area contributed by atoms with E-state index in [-0.39, 0.29) is 5.56 Å². The average molecular weight is 413 g/mol. The van der Waals surface area contributed by atoms with Gasteiger partial charge in [-0.05, 0) is 45.8 Å². The number of carbonyl (C=O) groups is 1. The van der Waals surface area contributed by atoms with E-state index in [1.54, 1.807) is 24.4 Å². The van der Waals surface area contributed by atoms with Gasteiger partial charge in [-0.25, -0.2) is 4.79 Å². The molecule has 0 spiro atoms. The Balaban J connectivity index is 1.72. The number of nitrogens with one attached hydrogen (secondary N) is 1. The monoisotopic (exact) mass is 412 g/mol. The van der Waals surface area contributed by atoms with E-state index in [1.165, 1.54) is 0 Å². The summed E-state index contributed by atoms with van der Waals surface area (Å²) in [5.74, 6) is -0.690. The number of anilines is 1. The summed E-state index contributed by atoms with van der Waals surface area (Å²) in [6, 6.07) is 18.4. The molecule has 0 unspecified atom stereocenters. The average Bonchev–Trinajstić information content (AvgIpc) is 2.66. The van der Waals surface area contributed by atoms with Crippen molar-refractivity contribution in [2.45, 2.75) is 13.2 Å². The lowest BCUT2D eigenvalue weighted by Gasteiger charge is -2.12. The Hall–Kier alpha value is -2.86. The zero-order valence-corrected chi connectivity index (χ0v) is 15.4. The Labute approximate surface area is 159 Å². The Kier molecular flexibility index (Phi) is 5.86. The van der Waals surface area contributed by atoms with Crippen LogP contribution in [0.4, 0.5) is 5.69 Å². The standard InChI is InChI=1S/C20H17BrN2O3/c21-15-6-7-17(22-11-15)12-23-16-8-9-18(20(24)25)19(10-16)26-13-14-4-2-1-3-5-14/h1-11,23H,12-13H2,(H,24,25). The van der Waals surface area contributed by atoms with E-state index in [0.29, 0.717) is 18.9 Å². The molecule has 5 nitrogen and oxygen atoms in total. The van der Waals surface area contributed by atoms with Crippen LogP contribution in [0.3, 0.4) is 0 Å². The van der Waals surface area contributed by atoms with Gasteiger partial charge in [0.1, 0.15) is 17.9 Å². The molecule has 3 aromatic rings. The van der Waals surface area contributed by atoms with E-state index in [4.69, 9.17) is 4.74 Å². The SMILES string of the molecule is O=C(O)c1ccc(NCc2ccc(Br)cn2)cc1OCc1ccccc1. The zero-order chi connectivity index (χ0) is 18.4. The minimum atomic E-state index is -1.02. The molecule has 0 aliphatic heterocycles. The Morgan fingerprint density at radius 2 is 1.92 bits per heavy atom. The van der Waals surface area contributed by atoms with Crippen LogP contribution in [0.2, 0.25) is 0 Å². The number of aromatic carboxylic acids is 1. The molecule has 0 fully saturated rings. The summed E-state index contributed by atoms with van der Waals surface area (Å²) < 4.78 is 6.67. The van der Waals surface area contributed by atoms with Gasteiger partial charge in [-0.3, -0.25) is 4.98 Å². The molecule has 1 heterocycles. The molecule has 0 bridgehead atoms. The summed E-state index contributed by atoms with van der Waals surface area (Å²) in [5, 5.41) is 12.6. The van der Waals surface area contributed by atoms with Crippen LogP contribution in [-0.2, 0) is 13.2 Å². The lowest BCUT2D eigenvalue weighted by Crippen LogP contribution is -2.06. The van der Waals surface area contributed by atoms with E-state index >= 15 is 0 Å². The number of pyridine rings is 1. The first-order valence-electron chi connectivity index (χ1n) is 8.00. The zero-order valence-electron chi connectivity index (χ0n) is 13.9. The number of carboxylic acids is 1. The van der Waals surface area contributed by atoms with Crippen molar-refractivity contribution in [3.05, 3.63) is 88.2 Å². The third-order valence-corrected chi connectivity index (χ3v) is 4.18. The van der Waals surface area contributed by atoms with Crippen LogP contribution in [0.1, 0.15) is 21.6 Å². The van der Waals surface area contributed by atoms with Gasteiger partial charge in [0, 0.05) is 22.4 Å². The van der Waals surface area contributed by atoms with Gasteiger partial charge in [0.05, 0.1) is 12.2 Å². The minimum absolute atomic E-state index is 0.133. The van der Waals surface area contributed by atoms with Crippen LogP contribution in [-0.4, -0.2) is 16.1 Å². The fourth-order valence-corrected chi connectivity index (χ4v) is 2.60. The molecule has 2 N–H and O–H groups in total. The molecule has 1 aromatic heterocycles. The molecule has 0 atom stereocenters. The van der Waals surface area contributed by atoms with Crippen molar-refractivity contribution in [1.82, 2.24) is 4.98 Å². The molecule has 0 radical (unpaired) electrons. The highest BCUT2D eigenvalue weighted by Gasteiger charge is 2.12. The maximum Gasteiger partial charge on any atom is 0.339 e. The van der Waals surface area contributed by atoms with Crippen molar-refractivity contribution in [1.29, 1.82) is 0 Å². The van der Waals surface area contributed by atoms with Crippen molar-refractivity contribution >= 4 is 27.6 Å². The molecule has 0 aliphatic rings. The first kappa shape index (κ1) is 17.9. The molecular weight excluding hydrogens is 396 g/mol. The summed E-state index contributed by atoms with van der Waals surface area (Å²) in [6.07, 6.45) is 1.74. The third kappa shape index (κ3) is 4.83. The molecule has 6 heteroatoms. The van der Waals surface area contributed by atoms with Crippen LogP contribution in [0.15, 0.2) is 71.3 Å². The Morgan fingerprint density at radius 1 is 1.12 bits per heavy atom. The molecule has 3 rings (SSSR count). The second kappa shape index (κ2) is 8.49. The van der Waals surface area contributed by atoms with Gasteiger partial charge < -0.3 is 15.2 Å². The van der Waals surface area contributed by atoms with E-state index in [2.05, 4.69) is 26.2 Å². The maximum atomic E-state index is 11.4. The van der Waals surface area contributed by atoms with Gasteiger partial charge in [-0.15, -0.1) is 0 Å². The second-order valence-electron chi connectivity index (χ2n) is 5.61. The van der Waals surface area contributed by atoms with Gasteiger partial charge in [0.25, 0.3) is 0 Å². The molecule has 0 amide bonds. The summed E-state index contributed by atoms with van der Waals surface area (Å²) in [7, 11) is 0. The number of ether oxygens (including phenoxy) is 1. The van der Waals surface area contributed by atoms with E-state index in [1.807, 2.05) is 42.5 Å². The molecule has 2 aromatic carbocycles. The van der Waals surface area contributed by atoms with Gasteiger partial charge in [0.2, 0.25) is 0 Å². The van der Waals surface area contributed by atoms with Crippen molar-refractivity contribution < 1.29 is 14.6 Å². The molecule has 132 valence electrons. The third-order valence-electron chi connectivity index (χ3n) is 3.71. The van der Waals surface area contributed by atoms with Gasteiger partial charge in [-0.2, -0.15) is 0 Å². The number of benzene rings is 2. The van der Waals surface area contributed by atoms with Crippen molar-refractivity contribution in [3.63, 3.8) is 0 Å². The predicted molar refractivity (Wildman–Crippen MR) is 103 cm³/mol. The quantitative estimate of drug-likeness (QED) is 0.586. The highest BCUT2D eigenvalue weighted by molar-refractivity contribution is 9.10. The highest BCUT2D eigenvalue weighted by Crippen LogP contribution is 2.25. The van der Waals surface area contributed by atoms with Gasteiger partial charge in [0.15, 0.2) is 0 Å². The first-order valence-corrected chi connectivity index (χ1v) is 8.79. The molecular formula is C20H17BrN2O3. The molecule has 0 saturated heterocycles. The van der Waals surface area contributed by atoms with E-state index in [9.17, 15) is 9.90 Å². The molecule has 0 saturated carbocycles. The van der Waals surface area contributed by atoms with Crippen molar-refractivity contribution in [2.75, 3.05) is 5.32 Å². The molecule has 26 heavy (non-hydrogen) atoms. The van der Waals surface area contributed by atoms with Crippen molar-refractivity contribution in [3.8, 4) is 5.75 Å². The maximum absolute atomic E-state index is 11.4. The number of carboxylic acid groups (broad SMARTS) is 1. The van der Waals surface area contributed by atoms with Crippen molar-refractivity contribution in [2.24, 2.45) is 0 Å². The number of hydrogen-bond acceptors (Lipinski definition) is 4. The van der Waals surface area contributed by atoms with Crippen LogP contribution in [0.25, 0.3) is 0 Å². The molecule has 0 aliphatic carbocycles. The summed E-state index contributed by atoms with van der Waals surface area (Å²) >= 11 is 3.35. The number of halogens is 1. The smallest absolute Gasteiger partial charge is 0.339 e. The van der Waals surface area contributed by atoms with Gasteiger partial charge >= 0.3 is 5.97 Å². The normalized spacial score (nSPS) is 10.3. The topological polar surface area (TPSA) is 71.5 Å². The van der Waals surface area contributed by atoms with Crippen LogP contribution in [0, 0.1) is 0 Å². The van der Waals surface area contributed by atoms with Crippen LogP contribution < -0.4 is 10.1 Å². The first-order chi connectivity index (χ1) is 12.6. The number of hydrogen-bond donors (Lipinski definition) is 2. The second-order valence-corrected chi connectivity index (χ2v) is 6.53. The lowest BCUT2D eigenvalue weighted by atomic mass is 10.1. The predicted octanol–water partition coefficient (Wildman–Crippen LogP) is 4.73. The Morgan fingerprint density at radius 3 is 2.62 bits per heavy atom. The fourth-order valence-electron chi connectivity index (χ4n) is 2.37. The highest BCUT2D eigenvalue weighted by atomic mass is 79.9. The van der Waals surface area contributed by atoms with E-state index < -0.39 is 5.97 Å². The fraction of sp³-hybridized carbons (Fsp3) is 0.100. The summed E-state index contributed by atoms with van der Waals surface area (Å²) in [4.78, 5) is 15.7. The van der Waals surface area contributed by atoms with Crippen LogP contribution >= 0.6 is 15.9 Å². The van der Waals surface area contributed by atoms with Crippen LogP contribution in [0.5, 0.6) is 5.75 Å².